The Morgan fingerprint density at radius 3 is 2.50 bits per heavy atom. The molecular formula is C10H20N2O3S. The maximum atomic E-state index is 11.4. The number of rotatable bonds is 7. The molecule has 0 aromatic rings. The third-order valence-corrected chi connectivity index (χ3v) is 3.32. The zero-order valence-corrected chi connectivity index (χ0v) is 10.8. The quantitative estimate of drug-likeness (QED) is 0.580. The van der Waals surface area contributed by atoms with E-state index < -0.39 is 0 Å². The highest BCUT2D eigenvalue weighted by Gasteiger charge is 2.16. The van der Waals surface area contributed by atoms with Gasteiger partial charge in [0, 0.05) is 31.2 Å². The molecule has 2 unspecified atom stereocenters. The van der Waals surface area contributed by atoms with E-state index in [9.17, 15) is 9.59 Å². The molecule has 0 rings (SSSR count). The van der Waals surface area contributed by atoms with Crippen molar-refractivity contribution >= 4 is 23.6 Å². The molecule has 0 saturated heterocycles. The molecule has 0 bridgehead atoms. The van der Waals surface area contributed by atoms with Gasteiger partial charge in [0.1, 0.15) is 0 Å². The third kappa shape index (κ3) is 6.68. The van der Waals surface area contributed by atoms with Crippen molar-refractivity contribution in [2.75, 3.05) is 19.4 Å². The van der Waals surface area contributed by atoms with Crippen LogP contribution in [0.1, 0.15) is 20.3 Å². The second-order valence-electron chi connectivity index (χ2n) is 3.55. The molecule has 16 heavy (non-hydrogen) atoms. The fourth-order valence-electron chi connectivity index (χ4n) is 1.21. The number of amides is 2. The van der Waals surface area contributed by atoms with Gasteiger partial charge in [0.15, 0.2) is 0 Å². The van der Waals surface area contributed by atoms with Crippen molar-refractivity contribution in [1.29, 1.82) is 0 Å². The number of aliphatic hydroxyl groups is 1. The van der Waals surface area contributed by atoms with Crippen molar-refractivity contribution in [3.8, 4) is 0 Å². The maximum Gasteiger partial charge on any atom is 0.222 e. The van der Waals surface area contributed by atoms with Gasteiger partial charge in [0.05, 0.1) is 6.61 Å². The molecule has 0 aliphatic carbocycles. The smallest absolute Gasteiger partial charge is 0.222 e. The van der Waals surface area contributed by atoms with Gasteiger partial charge in [0.2, 0.25) is 11.8 Å². The molecule has 0 aliphatic rings. The van der Waals surface area contributed by atoms with Crippen LogP contribution in [0.5, 0.6) is 0 Å². The highest BCUT2D eigenvalue weighted by Crippen LogP contribution is 2.10. The topological polar surface area (TPSA) is 78.4 Å². The first-order valence-corrected chi connectivity index (χ1v) is 6.47. The number of hydrogen-bond donors (Lipinski definition) is 3. The molecule has 0 fully saturated rings. The number of nitrogens with one attached hydrogen (secondary N) is 2. The van der Waals surface area contributed by atoms with E-state index in [1.807, 2.05) is 13.2 Å². The Kier molecular flexibility index (Phi) is 8.01. The van der Waals surface area contributed by atoms with E-state index in [-0.39, 0.29) is 36.1 Å². The van der Waals surface area contributed by atoms with E-state index >= 15 is 0 Å². The normalized spacial score (nSPS) is 14.0. The van der Waals surface area contributed by atoms with Gasteiger partial charge in [-0.3, -0.25) is 9.59 Å². The van der Waals surface area contributed by atoms with E-state index in [4.69, 9.17) is 5.11 Å². The Hall–Kier alpha value is -0.750. The third-order valence-electron chi connectivity index (χ3n) is 2.16. The van der Waals surface area contributed by atoms with Gasteiger partial charge in [-0.1, -0.05) is 0 Å². The first kappa shape index (κ1) is 15.2. The summed E-state index contributed by atoms with van der Waals surface area (Å²) in [5, 5.41) is 14.4. The Bertz CT molecular complexity index is 232. The van der Waals surface area contributed by atoms with E-state index in [0.29, 0.717) is 6.54 Å². The van der Waals surface area contributed by atoms with Crippen molar-refractivity contribution in [2.45, 2.75) is 31.6 Å². The van der Waals surface area contributed by atoms with Crippen LogP contribution in [0.15, 0.2) is 0 Å². The second kappa shape index (κ2) is 8.41. The van der Waals surface area contributed by atoms with Crippen LogP contribution in [0, 0.1) is 0 Å². The minimum absolute atomic E-state index is 0.00437. The number of aliphatic hydroxyl groups excluding tert-OH is 1. The Labute approximate surface area is 100 Å². The molecule has 0 radical (unpaired) electrons. The minimum Gasteiger partial charge on any atom is -0.395 e. The van der Waals surface area contributed by atoms with Crippen LogP contribution in [0.25, 0.3) is 0 Å². The Balaban J connectivity index is 3.81. The van der Waals surface area contributed by atoms with Crippen LogP contribution < -0.4 is 10.6 Å². The number of carbonyl (C=O) groups is 2. The summed E-state index contributed by atoms with van der Waals surface area (Å²) < 4.78 is 0. The summed E-state index contributed by atoms with van der Waals surface area (Å²) in [7, 11) is 0. The van der Waals surface area contributed by atoms with Crippen molar-refractivity contribution in [2.24, 2.45) is 0 Å². The zero-order chi connectivity index (χ0) is 12.6. The molecule has 2 amide bonds. The fraction of sp³-hybridized carbons (Fsp3) is 0.800. The Morgan fingerprint density at radius 2 is 2.06 bits per heavy atom. The van der Waals surface area contributed by atoms with Gasteiger partial charge in [-0.15, -0.1) is 0 Å². The monoisotopic (exact) mass is 248 g/mol. The molecule has 0 aromatic carbocycles. The SMILES string of the molecule is CSC(CO)C(C)NC(=O)CCNC(C)=O. The summed E-state index contributed by atoms with van der Waals surface area (Å²) >= 11 is 1.51. The van der Waals surface area contributed by atoms with Crippen molar-refractivity contribution in [3.63, 3.8) is 0 Å². The number of hydrogen-bond acceptors (Lipinski definition) is 4. The van der Waals surface area contributed by atoms with Crippen LogP contribution in [0.4, 0.5) is 0 Å². The minimum atomic E-state index is -0.141. The first-order chi connectivity index (χ1) is 7.51. The average Bonchev–Trinajstić information content (AvgIpc) is 2.18. The van der Waals surface area contributed by atoms with Gasteiger partial charge in [-0.2, -0.15) is 11.8 Å². The highest BCUT2D eigenvalue weighted by atomic mass is 32.2. The summed E-state index contributed by atoms with van der Waals surface area (Å²) in [5.74, 6) is -0.257. The lowest BCUT2D eigenvalue weighted by molar-refractivity contribution is -0.122. The van der Waals surface area contributed by atoms with Crippen molar-refractivity contribution < 1.29 is 14.7 Å². The first-order valence-electron chi connectivity index (χ1n) is 5.18. The van der Waals surface area contributed by atoms with Crippen molar-refractivity contribution in [1.82, 2.24) is 10.6 Å². The van der Waals surface area contributed by atoms with Gasteiger partial charge in [-0.05, 0) is 13.2 Å². The summed E-state index contributed by atoms with van der Waals surface area (Å²) in [5.41, 5.74) is 0. The molecule has 5 nitrogen and oxygen atoms in total. The van der Waals surface area contributed by atoms with Crippen LogP contribution in [-0.2, 0) is 9.59 Å². The predicted molar refractivity (Wildman–Crippen MR) is 65.3 cm³/mol. The number of thioether (sulfide) groups is 1. The van der Waals surface area contributed by atoms with Crippen LogP contribution in [0.2, 0.25) is 0 Å². The highest BCUT2D eigenvalue weighted by molar-refractivity contribution is 7.99. The second-order valence-corrected chi connectivity index (χ2v) is 4.62. The fourth-order valence-corrected chi connectivity index (χ4v) is 1.83. The van der Waals surface area contributed by atoms with Crippen LogP contribution >= 0.6 is 11.8 Å². The molecule has 2 atom stereocenters. The summed E-state index contributed by atoms with van der Waals surface area (Å²) in [6.07, 6.45) is 2.15. The lowest BCUT2D eigenvalue weighted by Gasteiger charge is -2.21. The lowest BCUT2D eigenvalue weighted by atomic mass is 10.2. The van der Waals surface area contributed by atoms with Crippen molar-refractivity contribution in [3.05, 3.63) is 0 Å². The largest absolute Gasteiger partial charge is 0.395 e. The molecule has 0 aromatic heterocycles. The molecule has 0 saturated carbocycles. The average molecular weight is 248 g/mol. The van der Waals surface area contributed by atoms with Gasteiger partial charge in [-0.25, -0.2) is 0 Å². The number of carbonyl (C=O) groups excluding carboxylic acids is 2. The summed E-state index contributed by atoms with van der Waals surface area (Å²) in [6.45, 7) is 3.65. The van der Waals surface area contributed by atoms with Gasteiger partial charge >= 0.3 is 0 Å². The Morgan fingerprint density at radius 1 is 1.44 bits per heavy atom. The molecule has 94 valence electrons. The summed E-state index contributed by atoms with van der Waals surface area (Å²) in [6, 6.07) is -0.0789. The molecule has 0 aliphatic heterocycles. The van der Waals surface area contributed by atoms with E-state index in [1.54, 1.807) is 0 Å². The predicted octanol–water partition coefficient (Wildman–Crippen LogP) is -0.259. The van der Waals surface area contributed by atoms with E-state index in [2.05, 4.69) is 10.6 Å². The molecule has 0 spiro atoms. The van der Waals surface area contributed by atoms with Crippen LogP contribution in [-0.4, -0.2) is 47.6 Å². The van der Waals surface area contributed by atoms with Crippen LogP contribution in [0.3, 0.4) is 0 Å². The zero-order valence-electron chi connectivity index (χ0n) is 9.95. The van der Waals surface area contributed by atoms with Gasteiger partial charge in [0.25, 0.3) is 0 Å². The standard InChI is InChI=1S/C10H20N2O3S/c1-7(9(6-13)16-3)12-10(15)4-5-11-8(2)14/h7,9,13H,4-6H2,1-3H3,(H,11,14)(H,12,15). The lowest BCUT2D eigenvalue weighted by Crippen LogP contribution is -2.42. The molecule has 0 heterocycles. The molecular weight excluding hydrogens is 228 g/mol. The van der Waals surface area contributed by atoms with E-state index in [1.165, 1.54) is 18.7 Å². The maximum absolute atomic E-state index is 11.4. The van der Waals surface area contributed by atoms with E-state index in [0.717, 1.165) is 0 Å². The molecule has 3 N–H and O–H groups in total. The summed E-state index contributed by atoms with van der Waals surface area (Å²) in [4.78, 5) is 22.0. The van der Waals surface area contributed by atoms with Gasteiger partial charge < -0.3 is 15.7 Å². The molecule has 6 heteroatoms.